The fourth-order valence-corrected chi connectivity index (χ4v) is 2.04. The van der Waals surface area contributed by atoms with Crippen LogP contribution in [0.3, 0.4) is 0 Å². The lowest BCUT2D eigenvalue weighted by Gasteiger charge is -2.04. The predicted octanol–water partition coefficient (Wildman–Crippen LogP) is 2.03. The molecule has 3 heteroatoms. The molecule has 0 spiro atoms. The Kier molecular flexibility index (Phi) is 3.69. The van der Waals surface area contributed by atoms with Gasteiger partial charge in [-0.15, -0.1) is 11.3 Å². The van der Waals surface area contributed by atoms with Crippen LogP contribution in [-0.4, -0.2) is 18.6 Å². The Balaban J connectivity index is 2.64. The molecule has 0 aliphatic carbocycles. The Labute approximate surface area is 78.0 Å². The normalized spacial score (nSPS) is 11.0. The fraction of sp³-hybridized carbons (Fsp3) is 0.667. The van der Waals surface area contributed by atoms with Crippen molar-refractivity contribution in [3.8, 4) is 0 Å². The highest BCUT2D eigenvalue weighted by Gasteiger charge is 2.08. The molecule has 1 aromatic rings. The molecule has 0 bridgehead atoms. The molecule has 68 valence electrons. The van der Waals surface area contributed by atoms with Crippen LogP contribution >= 0.6 is 11.3 Å². The van der Waals surface area contributed by atoms with Gasteiger partial charge in [0.15, 0.2) is 0 Å². The van der Waals surface area contributed by atoms with Crippen LogP contribution in [0.4, 0.5) is 0 Å². The van der Waals surface area contributed by atoms with E-state index in [1.165, 1.54) is 10.6 Å². The van der Waals surface area contributed by atoms with E-state index in [1.54, 1.807) is 11.3 Å². The van der Waals surface area contributed by atoms with Crippen LogP contribution in [-0.2, 0) is 6.42 Å². The van der Waals surface area contributed by atoms with Crippen LogP contribution in [0.1, 0.15) is 30.3 Å². The Morgan fingerprint density at radius 1 is 1.58 bits per heavy atom. The van der Waals surface area contributed by atoms with E-state index in [0.29, 0.717) is 5.92 Å². The number of rotatable bonds is 4. The molecule has 1 aromatic heterocycles. The highest BCUT2D eigenvalue weighted by Crippen LogP contribution is 2.23. The Morgan fingerprint density at radius 3 is 2.92 bits per heavy atom. The monoisotopic (exact) mass is 184 g/mol. The van der Waals surface area contributed by atoms with Gasteiger partial charge in [0.25, 0.3) is 0 Å². The lowest BCUT2D eigenvalue weighted by Crippen LogP contribution is -2.11. The Bertz CT molecular complexity index is 230. The zero-order valence-electron chi connectivity index (χ0n) is 7.92. The number of hydrogen-bond donors (Lipinski definition) is 1. The van der Waals surface area contributed by atoms with Gasteiger partial charge in [0.1, 0.15) is 0 Å². The van der Waals surface area contributed by atoms with Crippen molar-refractivity contribution in [2.24, 2.45) is 0 Å². The number of likely N-dealkylation sites (N-methyl/N-ethyl adjacent to an activating group) is 1. The third kappa shape index (κ3) is 2.29. The first-order valence-electron chi connectivity index (χ1n) is 4.32. The third-order valence-electron chi connectivity index (χ3n) is 1.81. The Hall–Kier alpha value is -0.410. The van der Waals surface area contributed by atoms with E-state index < -0.39 is 0 Å². The number of nitrogens with one attached hydrogen (secondary N) is 1. The minimum Gasteiger partial charge on any atom is -0.319 e. The zero-order chi connectivity index (χ0) is 8.97. The number of thiazole rings is 1. The molecular formula is C9H16N2S. The molecule has 1 rings (SSSR count). The molecule has 1 N–H and O–H groups in total. The predicted molar refractivity (Wildman–Crippen MR) is 53.8 cm³/mol. The van der Waals surface area contributed by atoms with Crippen molar-refractivity contribution in [1.29, 1.82) is 0 Å². The molecule has 0 unspecified atom stereocenters. The van der Waals surface area contributed by atoms with E-state index in [0.717, 1.165) is 13.0 Å². The molecule has 2 nitrogen and oxygen atoms in total. The van der Waals surface area contributed by atoms with Crippen molar-refractivity contribution >= 4 is 11.3 Å². The molecule has 0 aliphatic heterocycles. The average molecular weight is 184 g/mol. The maximum atomic E-state index is 4.35. The smallest absolute Gasteiger partial charge is 0.0797 e. The second-order valence-electron chi connectivity index (χ2n) is 3.17. The van der Waals surface area contributed by atoms with Crippen LogP contribution in [0.25, 0.3) is 0 Å². The number of hydrogen-bond acceptors (Lipinski definition) is 3. The fourth-order valence-electron chi connectivity index (χ4n) is 1.18. The maximum Gasteiger partial charge on any atom is 0.0797 e. The summed E-state index contributed by atoms with van der Waals surface area (Å²) in [6.45, 7) is 5.45. The molecule has 0 aliphatic rings. The summed E-state index contributed by atoms with van der Waals surface area (Å²) in [4.78, 5) is 5.79. The van der Waals surface area contributed by atoms with Crippen molar-refractivity contribution < 1.29 is 0 Å². The summed E-state index contributed by atoms with van der Waals surface area (Å²) in [6, 6.07) is 0. The van der Waals surface area contributed by atoms with Crippen molar-refractivity contribution in [3.63, 3.8) is 0 Å². The summed E-state index contributed by atoms with van der Waals surface area (Å²) in [5, 5.41) is 3.14. The van der Waals surface area contributed by atoms with Gasteiger partial charge in [-0.3, -0.25) is 0 Å². The molecule has 0 saturated heterocycles. The zero-order valence-corrected chi connectivity index (χ0v) is 8.74. The quantitative estimate of drug-likeness (QED) is 0.774. The van der Waals surface area contributed by atoms with Gasteiger partial charge in [0, 0.05) is 17.8 Å². The molecule has 0 atom stereocenters. The standard InChI is InChI=1S/C9H16N2S/c1-7(2)9-8(4-5-10-3)11-6-12-9/h6-7,10H,4-5H2,1-3H3. The van der Waals surface area contributed by atoms with Crippen molar-refractivity contribution in [2.75, 3.05) is 13.6 Å². The lowest BCUT2D eigenvalue weighted by molar-refractivity contribution is 0.761. The van der Waals surface area contributed by atoms with E-state index in [-0.39, 0.29) is 0 Å². The highest BCUT2D eigenvalue weighted by molar-refractivity contribution is 7.09. The highest BCUT2D eigenvalue weighted by atomic mass is 32.1. The van der Waals surface area contributed by atoms with Gasteiger partial charge >= 0.3 is 0 Å². The van der Waals surface area contributed by atoms with Gasteiger partial charge in [0.05, 0.1) is 11.2 Å². The summed E-state index contributed by atoms with van der Waals surface area (Å²) >= 11 is 1.77. The van der Waals surface area contributed by atoms with Crippen molar-refractivity contribution in [3.05, 3.63) is 16.1 Å². The van der Waals surface area contributed by atoms with E-state index in [4.69, 9.17) is 0 Å². The largest absolute Gasteiger partial charge is 0.319 e. The first kappa shape index (κ1) is 9.68. The topological polar surface area (TPSA) is 24.9 Å². The summed E-state index contributed by atoms with van der Waals surface area (Å²) < 4.78 is 0. The molecule has 0 amide bonds. The number of aromatic nitrogens is 1. The second kappa shape index (κ2) is 4.58. The van der Waals surface area contributed by atoms with Crippen molar-refractivity contribution in [2.45, 2.75) is 26.2 Å². The van der Waals surface area contributed by atoms with Crippen LogP contribution in [0, 0.1) is 0 Å². The molecule has 0 saturated carbocycles. The molecule has 0 fully saturated rings. The second-order valence-corrected chi connectivity index (χ2v) is 4.06. The van der Waals surface area contributed by atoms with Crippen LogP contribution < -0.4 is 5.32 Å². The lowest BCUT2D eigenvalue weighted by atomic mass is 10.1. The van der Waals surface area contributed by atoms with E-state index in [1.807, 2.05) is 12.6 Å². The minimum atomic E-state index is 0.615. The van der Waals surface area contributed by atoms with Crippen molar-refractivity contribution in [1.82, 2.24) is 10.3 Å². The Morgan fingerprint density at radius 2 is 2.33 bits per heavy atom. The molecule has 1 heterocycles. The van der Waals surface area contributed by atoms with Crippen LogP contribution in [0.15, 0.2) is 5.51 Å². The van der Waals surface area contributed by atoms with Gasteiger partial charge in [-0.05, 0) is 13.0 Å². The number of nitrogens with zero attached hydrogens (tertiary/aromatic N) is 1. The summed E-state index contributed by atoms with van der Waals surface area (Å²) in [5.41, 5.74) is 3.21. The van der Waals surface area contributed by atoms with E-state index in [9.17, 15) is 0 Å². The van der Waals surface area contributed by atoms with Gasteiger partial charge in [-0.2, -0.15) is 0 Å². The molecular weight excluding hydrogens is 168 g/mol. The van der Waals surface area contributed by atoms with E-state index in [2.05, 4.69) is 24.1 Å². The van der Waals surface area contributed by atoms with Gasteiger partial charge in [-0.1, -0.05) is 13.8 Å². The SMILES string of the molecule is CNCCc1ncsc1C(C)C. The van der Waals surface area contributed by atoms with Crippen LogP contribution in [0.2, 0.25) is 0 Å². The molecule has 0 radical (unpaired) electrons. The van der Waals surface area contributed by atoms with Gasteiger partial charge in [0.2, 0.25) is 0 Å². The third-order valence-corrected chi connectivity index (χ3v) is 2.98. The van der Waals surface area contributed by atoms with Gasteiger partial charge in [-0.25, -0.2) is 4.98 Å². The van der Waals surface area contributed by atoms with Crippen LogP contribution in [0.5, 0.6) is 0 Å². The first-order chi connectivity index (χ1) is 5.75. The summed E-state index contributed by atoms with van der Waals surface area (Å²) in [6.07, 6.45) is 1.05. The van der Waals surface area contributed by atoms with Gasteiger partial charge < -0.3 is 5.32 Å². The van der Waals surface area contributed by atoms with E-state index >= 15 is 0 Å². The summed E-state index contributed by atoms with van der Waals surface area (Å²) in [7, 11) is 1.97. The average Bonchev–Trinajstić information content (AvgIpc) is 2.48. The molecule has 12 heavy (non-hydrogen) atoms. The first-order valence-corrected chi connectivity index (χ1v) is 5.20. The minimum absolute atomic E-state index is 0.615. The summed E-state index contributed by atoms with van der Waals surface area (Å²) in [5.74, 6) is 0.615. The molecule has 0 aromatic carbocycles. The maximum absolute atomic E-state index is 4.35.